The first-order valence-electron chi connectivity index (χ1n) is 9.39. The zero-order valence-corrected chi connectivity index (χ0v) is 17.1. The van der Waals surface area contributed by atoms with E-state index in [1.807, 2.05) is 19.1 Å². The Labute approximate surface area is 182 Å². The number of hydrogen-bond acceptors (Lipinski definition) is 6. The normalized spacial score (nSPS) is 10.3. The summed E-state index contributed by atoms with van der Waals surface area (Å²) in [6, 6.07) is 15.3. The first-order chi connectivity index (χ1) is 15.2. The molecule has 0 aliphatic rings. The molecule has 0 unspecified atom stereocenters. The van der Waals surface area contributed by atoms with Crippen molar-refractivity contribution in [3.8, 4) is 0 Å². The van der Waals surface area contributed by atoms with Crippen LogP contribution in [-0.2, 0) is 0 Å². The maximum absolute atomic E-state index is 12.6. The molecule has 3 rings (SSSR count). The van der Waals surface area contributed by atoms with Gasteiger partial charge in [-0.1, -0.05) is 24.3 Å². The van der Waals surface area contributed by atoms with Crippen LogP contribution in [0.15, 0.2) is 60.7 Å². The van der Waals surface area contributed by atoms with Crippen LogP contribution in [0.1, 0.15) is 31.8 Å². The van der Waals surface area contributed by atoms with Gasteiger partial charge in [-0.15, -0.1) is 0 Å². The second-order valence-corrected chi connectivity index (χ2v) is 6.96. The standard InChI is InChI=1S/C22H18N4O6/c1-13-6-3-4-9-18(13)22(28)24-17-8-5-7-16(12-17)23-21(27)15-10-19(25(29)30)14(2)20(11-15)26(31)32/h3-12H,1-2H3,(H,23,27)(H,24,28). The SMILES string of the molecule is Cc1ccccc1C(=O)Nc1cccc(NC(=O)c2cc([N+](=O)[O-])c(C)c([N+](=O)[O-])c2)c1. The van der Waals surface area contributed by atoms with Crippen LogP contribution in [0.25, 0.3) is 0 Å². The number of aryl methyl sites for hydroxylation is 1. The molecule has 10 nitrogen and oxygen atoms in total. The minimum Gasteiger partial charge on any atom is -0.322 e. The van der Waals surface area contributed by atoms with Crippen LogP contribution in [0, 0.1) is 34.1 Å². The Morgan fingerprint density at radius 3 is 1.81 bits per heavy atom. The largest absolute Gasteiger partial charge is 0.322 e. The fourth-order valence-electron chi connectivity index (χ4n) is 3.10. The van der Waals surface area contributed by atoms with Crippen molar-refractivity contribution in [2.75, 3.05) is 10.6 Å². The number of rotatable bonds is 6. The molecule has 0 aliphatic heterocycles. The number of hydrogen-bond donors (Lipinski definition) is 2. The maximum Gasteiger partial charge on any atom is 0.279 e. The lowest BCUT2D eigenvalue weighted by Gasteiger charge is -2.10. The van der Waals surface area contributed by atoms with Gasteiger partial charge in [-0.05, 0) is 43.7 Å². The lowest BCUT2D eigenvalue weighted by molar-refractivity contribution is -0.395. The molecule has 0 spiro atoms. The number of amides is 2. The highest BCUT2D eigenvalue weighted by atomic mass is 16.6. The van der Waals surface area contributed by atoms with Gasteiger partial charge in [0.1, 0.15) is 5.56 Å². The second-order valence-electron chi connectivity index (χ2n) is 6.96. The van der Waals surface area contributed by atoms with Crippen LogP contribution in [0.2, 0.25) is 0 Å². The molecule has 0 saturated carbocycles. The van der Waals surface area contributed by atoms with Gasteiger partial charge in [0.05, 0.1) is 15.4 Å². The third-order valence-corrected chi connectivity index (χ3v) is 4.78. The monoisotopic (exact) mass is 434 g/mol. The van der Waals surface area contributed by atoms with Gasteiger partial charge in [-0.25, -0.2) is 0 Å². The first-order valence-corrected chi connectivity index (χ1v) is 9.39. The zero-order valence-electron chi connectivity index (χ0n) is 17.1. The van der Waals surface area contributed by atoms with E-state index >= 15 is 0 Å². The van der Waals surface area contributed by atoms with Crippen molar-refractivity contribution < 1.29 is 19.4 Å². The summed E-state index contributed by atoms with van der Waals surface area (Å²) >= 11 is 0. The van der Waals surface area contributed by atoms with Gasteiger partial charge in [-0.2, -0.15) is 0 Å². The Morgan fingerprint density at radius 1 is 0.750 bits per heavy atom. The number of anilines is 2. The van der Waals surface area contributed by atoms with Gasteiger partial charge >= 0.3 is 0 Å². The minimum atomic E-state index is -0.777. The Hall–Kier alpha value is -4.60. The highest BCUT2D eigenvalue weighted by Gasteiger charge is 2.25. The van der Waals surface area contributed by atoms with Gasteiger partial charge in [0.2, 0.25) is 0 Å². The van der Waals surface area contributed by atoms with Crippen molar-refractivity contribution in [3.63, 3.8) is 0 Å². The molecule has 0 bridgehead atoms. The van der Waals surface area contributed by atoms with E-state index in [-0.39, 0.29) is 17.0 Å². The van der Waals surface area contributed by atoms with Crippen molar-refractivity contribution in [1.82, 2.24) is 0 Å². The van der Waals surface area contributed by atoms with Crippen LogP contribution in [-0.4, -0.2) is 21.7 Å². The minimum absolute atomic E-state index is 0.141. The fourth-order valence-corrected chi connectivity index (χ4v) is 3.10. The molecular formula is C22H18N4O6. The Balaban J connectivity index is 1.83. The van der Waals surface area contributed by atoms with Crippen LogP contribution in [0.5, 0.6) is 0 Å². The molecular weight excluding hydrogens is 416 g/mol. The van der Waals surface area contributed by atoms with Crippen molar-refractivity contribution in [2.45, 2.75) is 13.8 Å². The summed E-state index contributed by atoms with van der Waals surface area (Å²) in [6.45, 7) is 3.06. The van der Waals surface area contributed by atoms with Gasteiger partial charge < -0.3 is 10.6 Å². The summed E-state index contributed by atoms with van der Waals surface area (Å²) in [7, 11) is 0. The van der Waals surface area contributed by atoms with Crippen molar-refractivity contribution in [3.05, 3.63) is 103 Å². The molecule has 3 aromatic carbocycles. The quantitative estimate of drug-likeness (QED) is 0.428. The van der Waals surface area contributed by atoms with Gasteiger partial charge in [-0.3, -0.25) is 29.8 Å². The topological polar surface area (TPSA) is 144 Å². The number of carbonyl (C=O) groups excluding carboxylic acids is 2. The third kappa shape index (κ3) is 4.75. The molecule has 32 heavy (non-hydrogen) atoms. The summed E-state index contributed by atoms with van der Waals surface area (Å²) in [4.78, 5) is 46.0. The highest BCUT2D eigenvalue weighted by molar-refractivity contribution is 6.07. The summed E-state index contributed by atoms with van der Waals surface area (Å²) < 4.78 is 0. The molecule has 0 aliphatic carbocycles. The summed E-state index contributed by atoms with van der Waals surface area (Å²) in [5.41, 5.74) is 0.589. The molecule has 2 N–H and O–H groups in total. The van der Waals surface area contributed by atoms with Gasteiger partial charge in [0, 0.05) is 29.1 Å². The summed E-state index contributed by atoms with van der Waals surface area (Å²) in [5, 5.41) is 27.7. The number of nitro benzene ring substituents is 2. The fraction of sp³-hybridized carbons (Fsp3) is 0.0909. The van der Waals surface area contributed by atoms with E-state index in [1.165, 1.54) is 13.0 Å². The Morgan fingerprint density at radius 2 is 1.28 bits per heavy atom. The van der Waals surface area contributed by atoms with Crippen molar-refractivity contribution in [2.24, 2.45) is 0 Å². The van der Waals surface area contributed by atoms with E-state index in [2.05, 4.69) is 10.6 Å². The van der Waals surface area contributed by atoms with E-state index in [0.29, 0.717) is 16.9 Å². The predicted octanol–water partition coefficient (Wildman–Crippen LogP) is 4.62. The smallest absolute Gasteiger partial charge is 0.279 e. The van der Waals surface area contributed by atoms with E-state index in [1.54, 1.807) is 30.3 Å². The molecule has 0 radical (unpaired) electrons. The molecule has 0 atom stereocenters. The molecule has 0 fully saturated rings. The lowest BCUT2D eigenvalue weighted by atomic mass is 10.1. The summed E-state index contributed by atoms with van der Waals surface area (Å²) in [6.07, 6.45) is 0. The highest BCUT2D eigenvalue weighted by Crippen LogP contribution is 2.30. The molecule has 0 saturated heterocycles. The van der Waals surface area contributed by atoms with Gasteiger partial charge in [0.15, 0.2) is 0 Å². The van der Waals surface area contributed by atoms with E-state index < -0.39 is 27.1 Å². The Kier molecular flexibility index (Phi) is 6.24. The predicted molar refractivity (Wildman–Crippen MR) is 118 cm³/mol. The van der Waals surface area contributed by atoms with Gasteiger partial charge in [0.25, 0.3) is 23.2 Å². The van der Waals surface area contributed by atoms with E-state index in [0.717, 1.165) is 17.7 Å². The average Bonchev–Trinajstić information content (AvgIpc) is 2.73. The maximum atomic E-state index is 12.6. The van der Waals surface area contributed by atoms with Crippen LogP contribution in [0.4, 0.5) is 22.7 Å². The molecule has 162 valence electrons. The number of carbonyl (C=O) groups is 2. The summed E-state index contributed by atoms with van der Waals surface area (Å²) in [5.74, 6) is -1.09. The van der Waals surface area contributed by atoms with Crippen molar-refractivity contribution >= 4 is 34.6 Å². The number of nitrogens with one attached hydrogen (secondary N) is 2. The molecule has 2 amide bonds. The third-order valence-electron chi connectivity index (χ3n) is 4.78. The van der Waals surface area contributed by atoms with Crippen molar-refractivity contribution in [1.29, 1.82) is 0 Å². The second kappa shape index (κ2) is 9.04. The van der Waals surface area contributed by atoms with E-state index in [9.17, 15) is 29.8 Å². The number of nitrogens with zero attached hydrogens (tertiary/aromatic N) is 2. The lowest BCUT2D eigenvalue weighted by Crippen LogP contribution is -2.15. The number of nitro groups is 2. The number of benzene rings is 3. The van der Waals surface area contributed by atoms with Crippen LogP contribution >= 0.6 is 0 Å². The Bertz CT molecular complexity index is 1220. The molecule has 0 heterocycles. The van der Waals surface area contributed by atoms with E-state index in [4.69, 9.17) is 0 Å². The molecule has 10 heteroatoms. The molecule has 3 aromatic rings. The molecule has 0 aromatic heterocycles. The average molecular weight is 434 g/mol. The van der Waals surface area contributed by atoms with Crippen LogP contribution < -0.4 is 10.6 Å². The van der Waals surface area contributed by atoms with Crippen LogP contribution in [0.3, 0.4) is 0 Å². The first kappa shape index (κ1) is 22.1. The zero-order chi connectivity index (χ0) is 23.4.